The second-order valence-corrected chi connectivity index (χ2v) is 5.22. The molecule has 0 bridgehead atoms. The van der Waals surface area contributed by atoms with Gasteiger partial charge in [-0.3, -0.25) is 9.59 Å². The molecule has 1 aliphatic heterocycles. The molecule has 1 aliphatic rings. The second kappa shape index (κ2) is 6.03. The van der Waals surface area contributed by atoms with E-state index in [1.54, 1.807) is 24.1 Å². The number of carbonyl (C=O) groups excluding carboxylic acids is 2. The Labute approximate surface area is 118 Å². The number of benzene rings is 1. The Hall–Kier alpha value is -1.91. The SMILES string of the molecule is CC(c1ccc(F)cc1)N(C)C(=O)C1CCC(=O)NC1. The van der Waals surface area contributed by atoms with Gasteiger partial charge in [0.25, 0.3) is 0 Å². The van der Waals surface area contributed by atoms with Crippen LogP contribution in [0.25, 0.3) is 0 Å². The predicted octanol–water partition coefficient (Wildman–Crippen LogP) is 1.87. The van der Waals surface area contributed by atoms with Gasteiger partial charge in [0.1, 0.15) is 5.82 Å². The van der Waals surface area contributed by atoms with E-state index < -0.39 is 0 Å². The Bertz CT molecular complexity index is 491. The van der Waals surface area contributed by atoms with Crippen molar-refractivity contribution in [2.45, 2.75) is 25.8 Å². The number of amides is 2. The van der Waals surface area contributed by atoms with E-state index in [1.807, 2.05) is 6.92 Å². The van der Waals surface area contributed by atoms with Gasteiger partial charge in [-0.1, -0.05) is 12.1 Å². The molecular weight excluding hydrogens is 259 g/mol. The van der Waals surface area contributed by atoms with Crippen LogP contribution in [0.5, 0.6) is 0 Å². The fourth-order valence-electron chi connectivity index (χ4n) is 2.39. The van der Waals surface area contributed by atoms with Gasteiger partial charge < -0.3 is 10.2 Å². The van der Waals surface area contributed by atoms with Gasteiger partial charge in [-0.25, -0.2) is 4.39 Å². The Morgan fingerprint density at radius 2 is 2.05 bits per heavy atom. The topological polar surface area (TPSA) is 49.4 Å². The summed E-state index contributed by atoms with van der Waals surface area (Å²) in [5.41, 5.74) is 0.891. The third-order valence-corrected chi connectivity index (χ3v) is 3.90. The van der Waals surface area contributed by atoms with Crippen molar-refractivity contribution >= 4 is 11.8 Å². The maximum Gasteiger partial charge on any atom is 0.227 e. The molecule has 0 radical (unpaired) electrons. The van der Waals surface area contributed by atoms with Crippen molar-refractivity contribution in [3.8, 4) is 0 Å². The molecule has 2 rings (SSSR count). The molecule has 1 saturated heterocycles. The molecule has 2 amide bonds. The quantitative estimate of drug-likeness (QED) is 0.917. The average Bonchev–Trinajstić information content (AvgIpc) is 2.46. The summed E-state index contributed by atoms with van der Waals surface area (Å²) in [5.74, 6) is -0.435. The summed E-state index contributed by atoms with van der Waals surface area (Å²) in [6.07, 6.45) is 0.986. The van der Waals surface area contributed by atoms with E-state index >= 15 is 0 Å². The van der Waals surface area contributed by atoms with Gasteiger partial charge >= 0.3 is 0 Å². The first kappa shape index (κ1) is 14.5. The summed E-state index contributed by atoms with van der Waals surface area (Å²) < 4.78 is 12.9. The van der Waals surface area contributed by atoms with Crippen molar-refractivity contribution in [1.82, 2.24) is 10.2 Å². The minimum atomic E-state index is -0.287. The van der Waals surface area contributed by atoms with Gasteiger partial charge in [-0.05, 0) is 31.0 Å². The van der Waals surface area contributed by atoms with Crippen LogP contribution in [-0.2, 0) is 9.59 Å². The minimum Gasteiger partial charge on any atom is -0.355 e. The molecule has 0 aliphatic carbocycles. The molecule has 20 heavy (non-hydrogen) atoms. The van der Waals surface area contributed by atoms with E-state index in [2.05, 4.69) is 5.32 Å². The van der Waals surface area contributed by atoms with E-state index in [9.17, 15) is 14.0 Å². The largest absolute Gasteiger partial charge is 0.355 e. The first-order valence-corrected chi connectivity index (χ1v) is 6.78. The molecule has 4 nitrogen and oxygen atoms in total. The summed E-state index contributed by atoms with van der Waals surface area (Å²) in [7, 11) is 1.74. The number of nitrogens with zero attached hydrogens (tertiary/aromatic N) is 1. The van der Waals surface area contributed by atoms with Crippen LogP contribution in [0.3, 0.4) is 0 Å². The van der Waals surface area contributed by atoms with Gasteiger partial charge in [0.05, 0.1) is 12.0 Å². The van der Waals surface area contributed by atoms with Crippen LogP contribution in [-0.4, -0.2) is 30.3 Å². The Kier molecular flexibility index (Phi) is 4.37. The van der Waals surface area contributed by atoms with Gasteiger partial charge in [-0.15, -0.1) is 0 Å². The number of hydrogen-bond acceptors (Lipinski definition) is 2. The Morgan fingerprint density at radius 3 is 2.60 bits per heavy atom. The fraction of sp³-hybridized carbons (Fsp3) is 0.467. The van der Waals surface area contributed by atoms with E-state index in [-0.39, 0.29) is 29.6 Å². The second-order valence-electron chi connectivity index (χ2n) is 5.22. The molecule has 1 N–H and O–H groups in total. The molecular formula is C15H19FN2O2. The summed E-state index contributed by atoms with van der Waals surface area (Å²) in [6, 6.07) is 6.04. The first-order chi connectivity index (χ1) is 9.49. The van der Waals surface area contributed by atoms with E-state index in [0.29, 0.717) is 19.4 Å². The van der Waals surface area contributed by atoms with Crippen LogP contribution in [0.2, 0.25) is 0 Å². The van der Waals surface area contributed by atoms with Crippen LogP contribution >= 0.6 is 0 Å². The Morgan fingerprint density at radius 1 is 1.40 bits per heavy atom. The minimum absolute atomic E-state index is 0.00304. The highest BCUT2D eigenvalue weighted by Gasteiger charge is 2.29. The van der Waals surface area contributed by atoms with Gasteiger partial charge in [-0.2, -0.15) is 0 Å². The molecule has 1 heterocycles. The van der Waals surface area contributed by atoms with Crippen molar-refractivity contribution in [3.05, 3.63) is 35.6 Å². The third-order valence-electron chi connectivity index (χ3n) is 3.90. The maximum absolute atomic E-state index is 12.9. The number of hydrogen-bond donors (Lipinski definition) is 1. The number of nitrogens with one attached hydrogen (secondary N) is 1. The van der Waals surface area contributed by atoms with Crippen LogP contribution in [0.15, 0.2) is 24.3 Å². The molecule has 0 aromatic heterocycles. The lowest BCUT2D eigenvalue weighted by atomic mass is 9.96. The van der Waals surface area contributed by atoms with Gasteiger partial charge in [0.15, 0.2) is 0 Å². The lowest BCUT2D eigenvalue weighted by molar-refractivity contribution is -0.138. The summed E-state index contributed by atoms with van der Waals surface area (Å²) in [6.45, 7) is 2.31. The highest BCUT2D eigenvalue weighted by Crippen LogP contribution is 2.23. The first-order valence-electron chi connectivity index (χ1n) is 6.78. The summed E-state index contributed by atoms with van der Waals surface area (Å²) in [4.78, 5) is 25.2. The number of halogens is 1. The number of rotatable bonds is 3. The van der Waals surface area contributed by atoms with Crippen molar-refractivity contribution < 1.29 is 14.0 Å². The lowest BCUT2D eigenvalue weighted by Crippen LogP contribution is -2.44. The molecule has 1 fully saturated rings. The van der Waals surface area contributed by atoms with E-state index in [1.165, 1.54) is 12.1 Å². The van der Waals surface area contributed by atoms with Gasteiger partial charge in [0, 0.05) is 20.0 Å². The molecule has 108 valence electrons. The average molecular weight is 278 g/mol. The number of piperidine rings is 1. The number of carbonyl (C=O) groups is 2. The van der Waals surface area contributed by atoms with Crippen LogP contribution in [0.4, 0.5) is 4.39 Å². The maximum atomic E-state index is 12.9. The molecule has 1 aromatic carbocycles. The monoisotopic (exact) mass is 278 g/mol. The van der Waals surface area contributed by atoms with Crippen LogP contribution < -0.4 is 5.32 Å². The lowest BCUT2D eigenvalue weighted by Gasteiger charge is -2.31. The van der Waals surface area contributed by atoms with Crippen LogP contribution in [0, 0.1) is 11.7 Å². The normalized spacial score (nSPS) is 20.1. The molecule has 2 atom stereocenters. The molecule has 0 spiro atoms. The zero-order chi connectivity index (χ0) is 14.7. The molecule has 0 saturated carbocycles. The van der Waals surface area contributed by atoms with Gasteiger partial charge in [0.2, 0.25) is 11.8 Å². The third kappa shape index (κ3) is 3.15. The highest BCUT2D eigenvalue weighted by molar-refractivity contribution is 5.83. The van der Waals surface area contributed by atoms with E-state index in [4.69, 9.17) is 0 Å². The van der Waals surface area contributed by atoms with Crippen molar-refractivity contribution in [1.29, 1.82) is 0 Å². The molecule has 5 heteroatoms. The molecule has 2 unspecified atom stereocenters. The van der Waals surface area contributed by atoms with Crippen molar-refractivity contribution in [3.63, 3.8) is 0 Å². The smallest absolute Gasteiger partial charge is 0.227 e. The van der Waals surface area contributed by atoms with Crippen molar-refractivity contribution in [2.24, 2.45) is 5.92 Å². The molecule has 1 aromatic rings. The standard InChI is InChI=1S/C15H19FN2O2/c1-10(11-3-6-13(16)7-4-11)18(2)15(20)12-5-8-14(19)17-9-12/h3-4,6-7,10,12H,5,8-9H2,1-2H3,(H,17,19). The fourth-order valence-corrected chi connectivity index (χ4v) is 2.39. The van der Waals surface area contributed by atoms with Crippen molar-refractivity contribution in [2.75, 3.05) is 13.6 Å². The predicted molar refractivity (Wildman–Crippen MR) is 73.3 cm³/mol. The zero-order valence-corrected chi connectivity index (χ0v) is 11.7. The van der Waals surface area contributed by atoms with Crippen LogP contribution in [0.1, 0.15) is 31.4 Å². The zero-order valence-electron chi connectivity index (χ0n) is 11.7. The van der Waals surface area contributed by atoms with E-state index in [0.717, 1.165) is 5.56 Å². The summed E-state index contributed by atoms with van der Waals surface area (Å²) in [5, 5.41) is 2.72. The summed E-state index contributed by atoms with van der Waals surface area (Å²) >= 11 is 0. The highest BCUT2D eigenvalue weighted by atomic mass is 19.1. The Balaban J connectivity index is 2.02.